The molecule has 4 aromatic rings. The van der Waals surface area contributed by atoms with Gasteiger partial charge in [-0.15, -0.1) is 0 Å². The van der Waals surface area contributed by atoms with Gasteiger partial charge >= 0.3 is 5.95 Å². The van der Waals surface area contributed by atoms with Crippen molar-refractivity contribution in [2.75, 3.05) is 0 Å². The van der Waals surface area contributed by atoms with E-state index in [1.54, 1.807) is 6.20 Å². The zero-order chi connectivity index (χ0) is 24.9. The zero-order valence-electron chi connectivity index (χ0n) is 19.8. The van der Waals surface area contributed by atoms with Gasteiger partial charge in [-0.3, -0.25) is 4.79 Å². The van der Waals surface area contributed by atoms with Gasteiger partial charge in [0.25, 0.3) is 0 Å². The SMILES string of the molecule is O=C1c2cccc(CCc3ccccc3)c2CCC1OC(Cn1ccnc1[N+](=O)[O-])c1ccccc1. The predicted molar refractivity (Wildman–Crippen MR) is 136 cm³/mol. The molecule has 2 unspecified atom stereocenters. The van der Waals surface area contributed by atoms with E-state index in [4.69, 9.17) is 4.74 Å². The molecule has 1 heterocycles. The number of ether oxygens (including phenoxy) is 1. The van der Waals surface area contributed by atoms with Crippen LogP contribution in [0.5, 0.6) is 0 Å². The number of benzene rings is 3. The lowest BCUT2D eigenvalue weighted by molar-refractivity contribution is -0.397. The molecule has 0 spiro atoms. The normalized spacial score (nSPS) is 15.9. The second-order valence-corrected chi connectivity index (χ2v) is 8.99. The molecule has 182 valence electrons. The first-order valence-corrected chi connectivity index (χ1v) is 12.1. The molecule has 7 nitrogen and oxygen atoms in total. The zero-order valence-corrected chi connectivity index (χ0v) is 19.8. The van der Waals surface area contributed by atoms with Crippen LogP contribution >= 0.6 is 0 Å². The highest BCUT2D eigenvalue weighted by Gasteiger charge is 2.33. The van der Waals surface area contributed by atoms with Crippen molar-refractivity contribution >= 4 is 11.7 Å². The second-order valence-electron chi connectivity index (χ2n) is 8.99. The summed E-state index contributed by atoms with van der Waals surface area (Å²) in [4.78, 5) is 28.2. The average molecular weight is 482 g/mol. The van der Waals surface area contributed by atoms with Crippen molar-refractivity contribution in [3.8, 4) is 0 Å². The van der Waals surface area contributed by atoms with Gasteiger partial charge in [-0.2, -0.15) is 0 Å². The quantitative estimate of drug-likeness (QED) is 0.232. The lowest BCUT2D eigenvalue weighted by atomic mass is 9.84. The fourth-order valence-electron chi connectivity index (χ4n) is 4.92. The highest BCUT2D eigenvalue weighted by molar-refractivity contribution is 6.02. The molecule has 1 aliphatic rings. The van der Waals surface area contributed by atoms with Crippen LogP contribution in [0.15, 0.2) is 91.3 Å². The molecule has 1 aliphatic carbocycles. The van der Waals surface area contributed by atoms with Gasteiger partial charge in [0.1, 0.15) is 31.1 Å². The Balaban J connectivity index is 1.36. The van der Waals surface area contributed by atoms with Crippen molar-refractivity contribution in [2.45, 2.75) is 44.4 Å². The molecule has 0 N–H and O–H groups in total. The number of carbonyl (C=O) groups excluding carboxylic acids is 1. The van der Waals surface area contributed by atoms with Gasteiger partial charge in [-0.1, -0.05) is 83.8 Å². The van der Waals surface area contributed by atoms with Crippen LogP contribution in [0.25, 0.3) is 0 Å². The van der Waals surface area contributed by atoms with Crippen molar-refractivity contribution in [1.82, 2.24) is 9.55 Å². The maximum Gasteiger partial charge on any atom is 0.434 e. The fourth-order valence-corrected chi connectivity index (χ4v) is 4.92. The number of nitro groups is 1. The summed E-state index contributed by atoms with van der Waals surface area (Å²) in [5.41, 5.74) is 5.17. The largest absolute Gasteiger partial charge is 0.434 e. The van der Waals surface area contributed by atoms with E-state index < -0.39 is 17.1 Å². The molecule has 0 radical (unpaired) electrons. The molecule has 0 saturated heterocycles. The van der Waals surface area contributed by atoms with Gasteiger partial charge in [0.2, 0.25) is 0 Å². The molecule has 1 aromatic heterocycles. The lowest BCUT2D eigenvalue weighted by Crippen LogP contribution is -2.33. The molecule has 5 rings (SSSR count). The first kappa shape index (κ1) is 23.6. The first-order valence-electron chi connectivity index (χ1n) is 12.1. The third-order valence-electron chi connectivity index (χ3n) is 6.73. The minimum absolute atomic E-state index is 0.0288. The minimum atomic E-state index is -0.616. The van der Waals surface area contributed by atoms with E-state index in [-0.39, 0.29) is 18.3 Å². The molecule has 0 saturated carbocycles. The lowest BCUT2D eigenvalue weighted by Gasteiger charge is -2.29. The number of imidazole rings is 1. The van der Waals surface area contributed by atoms with Crippen LogP contribution in [-0.2, 0) is 30.5 Å². The summed E-state index contributed by atoms with van der Waals surface area (Å²) in [6.45, 7) is 0.189. The van der Waals surface area contributed by atoms with E-state index in [0.717, 1.165) is 36.0 Å². The van der Waals surface area contributed by atoms with E-state index in [0.29, 0.717) is 6.42 Å². The first-order chi connectivity index (χ1) is 17.6. The minimum Gasteiger partial charge on any atom is -0.390 e. The maximum absolute atomic E-state index is 13.5. The molecule has 0 bridgehead atoms. The Morgan fingerprint density at radius 1 is 1.00 bits per heavy atom. The van der Waals surface area contributed by atoms with Crippen LogP contribution in [0.2, 0.25) is 0 Å². The van der Waals surface area contributed by atoms with Crippen LogP contribution in [-0.4, -0.2) is 26.4 Å². The number of carbonyl (C=O) groups is 1. The summed E-state index contributed by atoms with van der Waals surface area (Å²) in [6, 6.07) is 25.8. The third kappa shape index (κ3) is 5.11. The van der Waals surface area contributed by atoms with E-state index in [1.165, 1.54) is 21.9 Å². The molecular formula is C29H27N3O4. The Morgan fingerprint density at radius 3 is 2.50 bits per heavy atom. The number of hydrogen-bond donors (Lipinski definition) is 0. The smallest absolute Gasteiger partial charge is 0.390 e. The summed E-state index contributed by atoms with van der Waals surface area (Å²) in [5, 5.41) is 11.4. The number of rotatable bonds is 9. The van der Waals surface area contributed by atoms with Crippen molar-refractivity contribution < 1.29 is 14.5 Å². The highest BCUT2D eigenvalue weighted by Crippen LogP contribution is 2.31. The van der Waals surface area contributed by atoms with Gasteiger partial charge in [0.05, 0.1) is 0 Å². The Labute approximate surface area is 209 Å². The molecule has 36 heavy (non-hydrogen) atoms. The van der Waals surface area contributed by atoms with Gasteiger partial charge in [0, 0.05) is 5.56 Å². The molecule has 0 aliphatic heterocycles. The summed E-state index contributed by atoms with van der Waals surface area (Å²) in [6.07, 6.45) is 4.94. The standard InChI is InChI=1S/C29H27N3O4/c33-28-25-13-7-12-22(15-14-21-8-3-1-4-9-21)24(25)16-17-26(28)36-27(23-10-5-2-6-11-23)20-31-19-18-30-29(31)32(34)35/h1-13,18-19,26-27H,14-17,20H2. The van der Waals surface area contributed by atoms with E-state index in [2.05, 4.69) is 23.2 Å². The van der Waals surface area contributed by atoms with Crippen molar-refractivity contribution in [3.63, 3.8) is 0 Å². The van der Waals surface area contributed by atoms with Crippen LogP contribution in [0.4, 0.5) is 5.95 Å². The predicted octanol–water partition coefficient (Wildman–Crippen LogP) is 5.53. The van der Waals surface area contributed by atoms with E-state index in [1.807, 2.05) is 60.7 Å². The number of aromatic nitrogens is 2. The molecule has 7 heteroatoms. The fraction of sp³-hybridized carbons (Fsp3) is 0.241. The van der Waals surface area contributed by atoms with Crippen molar-refractivity contribution in [3.05, 3.63) is 129 Å². The maximum atomic E-state index is 13.5. The number of hydrogen-bond acceptors (Lipinski definition) is 5. The van der Waals surface area contributed by atoms with Crippen LogP contribution < -0.4 is 0 Å². The molecule has 3 aromatic carbocycles. The number of fused-ring (bicyclic) bond motifs is 1. The molecule has 2 atom stereocenters. The Bertz CT molecular complexity index is 1350. The van der Waals surface area contributed by atoms with Crippen LogP contribution in [0.1, 0.15) is 45.1 Å². The summed E-state index contributed by atoms with van der Waals surface area (Å²) in [5.74, 6) is -0.276. The second kappa shape index (κ2) is 10.7. The monoisotopic (exact) mass is 481 g/mol. The molecular weight excluding hydrogens is 454 g/mol. The highest BCUT2D eigenvalue weighted by atomic mass is 16.6. The number of aryl methyl sites for hydroxylation is 2. The van der Waals surface area contributed by atoms with Gasteiger partial charge in [-0.05, 0) is 52.9 Å². The molecule has 0 fully saturated rings. The Hall–Kier alpha value is -4.10. The van der Waals surface area contributed by atoms with Crippen LogP contribution in [0.3, 0.4) is 0 Å². The van der Waals surface area contributed by atoms with Gasteiger partial charge in [-0.25, -0.2) is 4.57 Å². The van der Waals surface area contributed by atoms with Gasteiger partial charge in [0.15, 0.2) is 5.78 Å². The van der Waals surface area contributed by atoms with Gasteiger partial charge < -0.3 is 14.9 Å². The summed E-state index contributed by atoms with van der Waals surface area (Å²) in [7, 11) is 0. The Morgan fingerprint density at radius 2 is 1.75 bits per heavy atom. The Kier molecular flexibility index (Phi) is 7.00. The number of Topliss-reactive ketones (excluding diaryl/α,β-unsaturated/α-hetero) is 1. The summed E-state index contributed by atoms with van der Waals surface area (Å²) >= 11 is 0. The van der Waals surface area contributed by atoms with Crippen LogP contribution in [0, 0.1) is 10.1 Å². The summed E-state index contributed by atoms with van der Waals surface area (Å²) < 4.78 is 7.86. The third-order valence-corrected chi connectivity index (χ3v) is 6.73. The topological polar surface area (TPSA) is 87.3 Å². The van der Waals surface area contributed by atoms with E-state index in [9.17, 15) is 14.9 Å². The van der Waals surface area contributed by atoms with Crippen molar-refractivity contribution in [1.29, 1.82) is 0 Å². The molecule has 0 amide bonds. The number of nitrogens with zero attached hydrogens (tertiary/aromatic N) is 3. The van der Waals surface area contributed by atoms with E-state index >= 15 is 0 Å². The number of ketones is 1. The van der Waals surface area contributed by atoms with Crippen molar-refractivity contribution in [2.24, 2.45) is 0 Å². The average Bonchev–Trinajstić information content (AvgIpc) is 3.38.